The predicted octanol–water partition coefficient (Wildman–Crippen LogP) is 4.63. The van der Waals surface area contributed by atoms with Gasteiger partial charge in [0.25, 0.3) is 0 Å². The molecule has 0 radical (unpaired) electrons. The molecule has 104 valence electrons. The van der Waals surface area contributed by atoms with Gasteiger partial charge in [-0.15, -0.1) is 0 Å². The molecule has 0 aromatic heterocycles. The molecule has 2 aromatic carbocycles. The van der Waals surface area contributed by atoms with E-state index in [2.05, 4.69) is 0 Å². The van der Waals surface area contributed by atoms with E-state index >= 15 is 0 Å². The van der Waals surface area contributed by atoms with Gasteiger partial charge in [-0.2, -0.15) is 0 Å². The molecule has 0 bridgehead atoms. The highest BCUT2D eigenvalue weighted by Gasteiger charge is 2.13. The van der Waals surface area contributed by atoms with Gasteiger partial charge in [0.15, 0.2) is 0 Å². The maximum Gasteiger partial charge on any atom is 0.145 e. The molecule has 0 atom stereocenters. The second-order valence-corrected chi connectivity index (χ2v) is 5.18. The van der Waals surface area contributed by atoms with Gasteiger partial charge in [-0.3, -0.25) is 4.79 Å². The number of hydrogen-bond donors (Lipinski definition) is 0. The Labute approximate surface area is 125 Å². The first-order chi connectivity index (χ1) is 9.47. The topological polar surface area (TPSA) is 17.1 Å². The van der Waals surface area contributed by atoms with Crippen LogP contribution in [0, 0.1) is 11.6 Å². The molecule has 5 heteroatoms. The van der Waals surface area contributed by atoms with Crippen LogP contribution in [0.2, 0.25) is 10.0 Å². The van der Waals surface area contributed by atoms with E-state index in [1.54, 1.807) is 6.07 Å². The monoisotopic (exact) mass is 314 g/mol. The van der Waals surface area contributed by atoms with E-state index in [4.69, 9.17) is 23.2 Å². The number of benzene rings is 2. The van der Waals surface area contributed by atoms with Gasteiger partial charge in [0.2, 0.25) is 0 Å². The first-order valence-corrected chi connectivity index (χ1v) is 6.61. The summed E-state index contributed by atoms with van der Waals surface area (Å²) in [6, 6.07) is 8.55. The highest BCUT2D eigenvalue weighted by molar-refractivity contribution is 6.31. The molecule has 0 unspecified atom stereocenters. The SMILES string of the molecule is O=C(Cc1ccc(Cl)cc1F)Cc1cccc(Cl)c1F. The number of hydrogen-bond acceptors (Lipinski definition) is 1. The van der Waals surface area contributed by atoms with Crippen LogP contribution in [-0.2, 0) is 17.6 Å². The Hall–Kier alpha value is -1.45. The molecule has 0 aliphatic rings. The zero-order chi connectivity index (χ0) is 14.7. The minimum absolute atomic E-state index is 0.0343. The van der Waals surface area contributed by atoms with Gasteiger partial charge >= 0.3 is 0 Å². The zero-order valence-electron chi connectivity index (χ0n) is 10.3. The van der Waals surface area contributed by atoms with Gasteiger partial charge in [-0.05, 0) is 29.3 Å². The summed E-state index contributed by atoms with van der Waals surface area (Å²) in [4.78, 5) is 11.9. The van der Waals surface area contributed by atoms with Crippen LogP contribution in [0.15, 0.2) is 36.4 Å². The summed E-state index contributed by atoms with van der Waals surface area (Å²) in [6.07, 6.45) is -0.247. The molecule has 2 aromatic rings. The van der Waals surface area contributed by atoms with Gasteiger partial charge < -0.3 is 0 Å². The Morgan fingerprint density at radius 2 is 1.70 bits per heavy atom. The van der Waals surface area contributed by atoms with E-state index in [0.29, 0.717) is 0 Å². The largest absolute Gasteiger partial charge is 0.299 e. The number of rotatable bonds is 4. The molecule has 0 fully saturated rings. The second kappa shape index (κ2) is 6.33. The van der Waals surface area contributed by atoms with Crippen molar-refractivity contribution in [3.63, 3.8) is 0 Å². The van der Waals surface area contributed by atoms with Crippen molar-refractivity contribution in [3.8, 4) is 0 Å². The van der Waals surface area contributed by atoms with E-state index in [1.165, 1.54) is 24.3 Å². The van der Waals surface area contributed by atoms with Crippen molar-refractivity contribution in [2.24, 2.45) is 0 Å². The van der Waals surface area contributed by atoms with Crippen molar-refractivity contribution >= 4 is 29.0 Å². The molecule has 0 aliphatic carbocycles. The summed E-state index contributed by atoms with van der Waals surface area (Å²) in [5.41, 5.74) is 0.443. The summed E-state index contributed by atoms with van der Waals surface area (Å²) in [6.45, 7) is 0. The number of halogens is 4. The normalized spacial score (nSPS) is 10.6. The molecule has 0 amide bonds. The summed E-state index contributed by atoms with van der Waals surface area (Å²) in [7, 11) is 0. The van der Waals surface area contributed by atoms with Gasteiger partial charge in [-0.1, -0.05) is 41.4 Å². The fourth-order valence-corrected chi connectivity index (χ4v) is 2.19. The Morgan fingerprint density at radius 3 is 2.40 bits per heavy atom. The van der Waals surface area contributed by atoms with Crippen molar-refractivity contribution < 1.29 is 13.6 Å². The third-order valence-electron chi connectivity index (χ3n) is 2.82. The van der Waals surface area contributed by atoms with E-state index in [1.807, 2.05) is 0 Å². The first-order valence-electron chi connectivity index (χ1n) is 5.86. The van der Waals surface area contributed by atoms with Crippen molar-refractivity contribution in [2.75, 3.05) is 0 Å². The summed E-state index contributed by atoms with van der Waals surface area (Å²) in [5, 5.41) is 0.229. The van der Waals surface area contributed by atoms with Crippen LogP contribution in [0.25, 0.3) is 0 Å². The first kappa shape index (κ1) is 14.9. The minimum atomic E-state index is -0.612. The number of ketones is 1. The third-order valence-corrected chi connectivity index (χ3v) is 3.35. The Kier molecular flexibility index (Phi) is 4.73. The average molecular weight is 315 g/mol. The Bertz CT molecular complexity index is 656. The molecule has 0 saturated carbocycles. The van der Waals surface area contributed by atoms with E-state index in [9.17, 15) is 13.6 Å². The van der Waals surface area contributed by atoms with Crippen LogP contribution in [0.3, 0.4) is 0 Å². The molecule has 20 heavy (non-hydrogen) atoms. The molecule has 0 spiro atoms. The highest BCUT2D eigenvalue weighted by atomic mass is 35.5. The van der Waals surface area contributed by atoms with Gasteiger partial charge in [0.1, 0.15) is 17.4 Å². The van der Waals surface area contributed by atoms with Crippen LogP contribution >= 0.6 is 23.2 Å². The fraction of sp³-hybridized carbons (Fsp3) is 0.133. The Morgan fingerprint density at radius 1 is 1.00 bits per heavy atom. The molecule has 0 saturated heterocycles. The third kappa shape index (κ3) is 3.56. The lowest BCUT2D eigenvalue weighted by Crippen LogP contribution is -2.09. The molecular formula is C15H10Cl2F2O. The Balaban J connectivity index is 2.11. The van der Waals surface area contributed by atoms with Crippen LogP contribution in [-0.4, -0.2) is 5.78 Å². The lowest BCUT2D eigenvalue weighted by Gasteiger charge is -2.05. The summed E-state index contributed by atoms with van der Waals surface area (Å²) >= 11 is 11.3. The zero-order valence-corrected chi connectivity index (χ0v) is 11.8. The predicted molar refractivity (Wildman–Crippen MR) is 75.2 cm³/mol. The molecular weight excluding hydrogens is 305 g/mol. The van der Waals surface area contributed by atoms with Crippen molar-refractivity contribution in [2.45, 2.75) is 12.8 Å². The van der Waals surface area contributed by atoms with E-state index in [-0.39, 0.29) is 39.8 Å². The van der Waals surface area contributed by atoms with E-state index < -0.39 is 11.6 Å². The molecule has 0 aliphatic heterocycles. The number of carbonyl (C=O) groups is 1. The van der Waals surface area contributed by atoms with Crippen LogP contribution < -0.4 is 0 Å². The van der Waals surface area contributed by atoms with E-state index in [0.717, 1.165) is 6.07 Å². The smallest absolute Gasteiger partial charge is 0.145 e. The molecule has 0 heterocycles. The molecule has 1 nitrogen and oxygen atoms in total. The maximum absolute atomic E-state index is 13.7. The standard InChI is InChI=1S/C15H10Cl2F2O/c16-11-5-4-9(14(18)8-11)6-12(20)7-10-2-1-3-13(17)15(10)19/h1-5,8H,6-7H2. The fourth-order valence-electron chi connectivity index (χ4n) is 1.84. The molecule has 0 N–H and O–H groups in total. The summed E-state index contributed by atoms with van der Waals surface area (Å²) < 4.78 is 27.2. The maximum atomic E-state index is 13.7. The van der Waals surface area contributed by atoms with Crippen LogP contribution in [0.5, 0.6) is 0 Å². The second-order valence-electron chi connectivity index (χ2n) is 4.34. The average Bonchev–Trinajstić information content (AvgIpc) is 2.38. The quantitative estimate of drug-likeness (QED) is 0.804. The van der Waals surface area contributed by atoms with Crippen LogP contribution in [0.4, 0.5) is 8.78 Å². The minimum Gasteiger partial charge on any atom is -0.299 e. The van der Waals surface area contributed by atoms with Crippen molar-refractivity contribution in [3.05, 3.63) is 69.2 Å². The molecule has 2 rings (SSSR count). The summed E-state index contributed by atoms with van der Waals surface area (Å²) in [5.74, 6) is -1.45. The lowest BCUT2D eigenvalue weighted by molar-refractivity contribution is -0.117. The van der Waals surface area contributed by atoms with Crippen molar-refractivity contribution in [1.29, 1.82) is 0 Å². The number of Topliss-reactive ketones (excluding diaryl/α,β-unsaturated/α-hetero) is 1. The van der Waals surface area contributed by atoms with Gasteiger partial charge in [-0.25, -0.2) is 8.78 Å². The van der Waals surface area contributed by atoms with Gasteiger partial charge in [0.05, 0.1) is 5.02 Å². The lowest BCUT2D eigenvalue weighted by atomic mass is 10.0. The van der Waals surface area contributed by atoms with Gasteiger partial charge in [0, 0.05) is 17.9 Å². The number of carbonyl (C=O) groups excluding carboxylic acids is 1. The van der Waals surface area contributed by atoms with Crippen molar-refractivity contribution in [1.82, 2.24) is 0 Å². The van der Waals surface area contributed by atoms with Crippen LogP contribution in [0.1, 0.15) is 11.1 Å². The highest BCUT2D eigenvalue weighted by Crippen LogP contribution is 2.20.